The molecule has 3 heterocycles. The number of amides is 1. The average Bonchev–Trinajstić information content (AvgIpc) is 3.38. The van der Waals surface area contributed by atoms with Gasteiger partial charge in [0.25, 0.3) is 5.91 Å². The number of carbonyl (C=O) groups is 1. The van der Waals surface area contributed by atoms with Crippen molar-refractivity contribution in [2.45, 2.75) is 38.9 Å². The Morgan fingerprint density at radius 2 is 1.93 bits per heavy atom. The summed E-state index contributed by atoms with van der Waals surface area (Å²) in [6.07, 6.45) is 3.49. The number of piperidine rings is 1. The molecule has 1 aromatic heterocycles. The number of likely N-dealkylation sites (tertiary alicyclic amines) is 1. The van der Waals surface area contributed by atoms with Crippen molar-refractivity contribution in [3.05, 3.63) is 46.7 Å². The predicted molar refractivity (Wildman–Crippen MR) is 107 cm³/mol. The molecule has 0 radical (unpaired) electrons. The molecule has 7 heteroatoms. The summed E-state index contributed by atoms with van der Waals surface area (Å²) >= 11 is 6.02. The van der Waals surface area contributed by atoms with Crippen LogP contribution in [0.2, 0.25) is 5.02 Å². The summed E-state index contributed by atoms with van der Waals surface area (Å²) in [7, 11) is 0. The van der Waals surface area contributed by atoms with Gasteiger partial charge in [-0.15, -0.1) is 0 Å². The molecule has 2 fully saturated rings. The van der Waals surface area contributed by atoms with Crippen molar-refractivity contribution < 1.29 is 14.3 Å². The van der Waals surface area contributed by atoms with Crippen LogP contribution in [-0.4, -0.2) is 53.2 Å². The molecule has 28 heavy (non-hydrogen) atoms. The molecule has 2 aliphatic rings. The van der Waals surface area contributed by atoms with E-state index in [-0.39, 0.29) is 24.0 Å². The second-order valence-corrected chi connectivity index (χ2v) is 8.19. The fourth-order valence-corrected chi connectivity index (χ4v) is 4.23. The van der Waals surface area contributed by atoms with Gasteiger partial charge in [-0.2, -0.15) is 5.10 Å². The lowest BCUT2D eigenvalue weighted by atomic mass is 9.96. The van der Waals surface area contributed by atoms with E-state index in [4.69, 9.17) is 21.1 Å². The van der Waals surface area contributed by atoms with Crippen molar-refractivity contribution in [2.75, 3.05) is 26.3 Å². The Kier molecular flexibility index (Phi) is 5.71. The second-order valence-electron chi connectivity index (χ2n) is 7.75. The number of benzene rings is 1. The van der Waals surface area contributed by atoms with Gasteiger partial charge >= 0.3 is 0 Å². The molecule has 0 saturated carbocycles. The van der Waals surface area contributed by atoms with E-state index in [9.17, 15) is 4.79 Å². The second kappa shape index (κ2) is 8.23. The maximum Gasteiger partial charge on any atom is 0.257 e. The molecule has 0 N–H and O–H groups in total. The van der Waals surface area contributed by atoms with E-state index in [2.05, 4.69) is 18.9 Å². The van der Waals surface area contributed by atoms with Crippen molar-refractivity contribution >= 4 is 17.5 Å². The first-order valence-electron chi connectivity index (χ1n) is 9.91. The summed E-state index contributed by atoms with van der Waals surface area (Å²) in [5.41, 5.74) is 2.48. The molecular weight excluding hydrogens is 378 g/mol. The summed E-state index contributed by atoms with van der Waals surface area (Å²) in [6, 6.07) is 7.50. The van der Waals surface area contributed by atoms with Gasteiger partial charge in [-0.05, 0) is 43.0 Å². The average molecular weight is 404 g/mol. The van der Waals surface area contributed by atoms with Gasteiger partial charge < -0.3 is 14.4 Å². The van der Waals surface area contributed by atoms with Gasteiger partial charge in [0.1, 0.15) is 0 Å². The Morgan fingerprint density at radius 3 is 2.61 bits per heavy atom. The van der Waals surface area contributed by atoms with Crippen molar-refractivity contribution in [3.8, 4) is 5.69 Å². The van der Waals surface area contributed by atoms with Crippen molar-refractivity contribution in [1.82, 2.24) is 14.7 Å². The van der Waals surface area contributed by atoms with Crippen LogP contribution in [0.1, 0.15) is 48.7 Å². The SMILES string of the molecule is CC(C)c1c(C(=O)N2CCCC(C3OCCO3)C2)cnn1-c1ccc(Cl)cc1. The smallest absolute Gasteiger partial charge is 0.257 e. The molecule has 1 aromatic carbocycles. The Balaban J connectivity index is 1.59. The lowest BCUT2D eigenvalue weighted by Gasteiger charge is -2.34. The molecule has 150 valence electrons. The minimum atomic E-state index is -0.183. The minimum Gasteiger partial charge on any atom is -0.350 e. The van der Waals surface area contributed by atoms with E-state index in [1.807, 2.05) is 33.8 Å². The first kappa shape index (κ1) is 19.4. The third-order valence-electron chi connectivity index (χ3n) is 5.43. The zero-order valence-corrected chi connectivity index (χ0v) is 17.1. The Hall–Kier alpha value is -1.89. The van der Waals surface area contributed by atoms with E-state index in [1.165, 1.54) is 0 Å². The molecule has 0 bridgehead atoms. The largest absolute Gasteiger partial charge is 0.350 e. The lowest BCUT2D eigenvalue weighted by molar-refractivity contribution is -0.0969. The Bertz CT molecular complexity index is 828. The molecule has 0 spiro atoms. The van der Waals surface area contributed by atoms with E-state index in [0.29, 0.717) is 30.3 Å². The molecule has 0 aliphatic carbocycles. The van der Waals surface area contributed by atoms with Crippen LogP contribution < -0.4 is 0 Å². The molecule has 2 aromatic rings. The molecule has 1 amide bonds. The van der Waals surface area contributed by atoms with Gasteiger partial charge in [-0.3, -0.25) is 4.79 Å². The summed E-state index contributed by atoms with van der Waals surface area (Å²) in [6.45, 7) is 6.86. The summed E-state index contributed by atoms with van der Waals surface area (Å²) in [4.78, 5) is 15.3. The quantitative estimate of drug-likeness (QED) is 0.777. The highest BCUT2D eigenvalue weighted by Gasteiger charge is 2.34. The topological polar surface area (TPSA) is 56.6 Å². The first-order chi connectivity index (χ1) is 13.5. The van der Waals surface area contributed by atoms with Gasteiger partial charge in [0.05, 0.1) is 36.4 Å². The van der Waals surface area contributed by atoms with Gasteiger partial charge in [0.15, 0.2) is 6.29 Å². The molecule has 2 aliphatic heterocycles. The van der Waals surface area contributed by atoms with E-state index in [0.717, 1.165) is 30.8 Å². The number of ether oxygens (including phenoxy) is 2. The van der Waals surface area contributed by atoms with Crippen LogP contribution in [0.25, 0.3) is 5.69 Å². The van der Waals surface area contributed by atoms with Crippen LogP contribution in [0.3, 0.4) is 0 Å². The predicted octanol–water partition coefficient (Wildman–Crippen LogP) is 3.87. The number of halogens is 1. The summed E-state index contributed by atoms with van der Waals surface area (Å²) < 4.78 is 13.2. The number of carbonyl (C=O) groups excluding carboxylic acids is 1. The third kappa shape index (κ3) is 3.81. The Labute approximate surface area is 170 Å². The lowest BCUT2D eigenvalue weighted by Crippen LogP contribution is -2.44. The van der Waals surface area contributed by atoms with E-state index >= 15 is 0 Å². The number of hydrogen-bond acceptors (Lipinski definition) is 4. The molecule has 6 nitrogen and oxygen atoms in total. The summed E-state index contributed by atoms with van der Waals surface area (Å²) in [5.74, 6) is 0.417. The molecule has 4 rings (SSSR count). The zero-order valence-electron chi connectivity index (χ0n) is 16.3. The van der Waals surface area contributed by atoms with Crippen LogP contribution >= 0.6 is 11.6 Å². The molecular formula is C21H26ClN3O3. The van der Waals surface area contributed by atoms with Crippen molar-refractivity contribution in [3.63, 3.8) is 0 Å². The third-order valence-corrected chi connectivity index (χ3v) is 5.68. The van der Waals surface area contributed by atoms with Crippen LogP contribution in [0.15, 0.2) is 30.5 Å². The number of hydrogen-bond donors (Lipinski definition) is 0. The minimum absolute atomic E-state index is 0.0339. The fourth-order valence-electron chi connectivity index (χ4n) is 4.10. The van der Waals surface area contributed by atoms with Gasteiger partial charge in [-0.1, -0.05) is 25.4 Å². The molecule has 2 saturated heterocycles. The van der Waals surface area contributed by atoms with Crippen molar-refractivity contribution in [2.24, 2.45) is 5.92 Å². The monoisotopic (exact) mass is 403 g/mol. The maximum atomic E-state index is 13.4. The highest BCUT2D eigenvalue weighted by Crippen LogP contribution is 2.29. The molecule has 1 unspecified atom stereocenters. The van der Waals surface area contributed by atoms with Gasteiger partial charge in [0.2, 0.25) is 0 Å². The highest BCUT2D eigenvalue weighted by molar-refractivity contribution is 6.30. The fraction of sp³-hybridized carbons (Fsp3) is 0.524. The number of rotatable bonds is 4. The first-order valence-corrected chi connectivity index (χ1v) is 10.3. The maximum absolute atomic E-state index is 13.4. The van der Waals surface area contributed by atoms with Crippen LogP contribution in [-0.2, 0) is 9.47 Å². The summed E-state index contributed by atoms with van der Waals surface area (Å²) in [5, 5.41) is 5.20. The van der Waals surface area contributed by atoms with E-state index < -0.39 is 0 Å². The van der Waals surface area contributed by atoms with Crippen LogP contribution in [0, 0.1) is 5.92 Å². The number of aromatic nitrogens is 2. The molecule has 1 atom stereocenters. The highest BCUT2D eigenvalue weighted by atomic mass is 35.5. The standard InChI is InChI=1S/C21H26ClN3O3/c1-14(2)19-18(12-23-25(19)17-7-5-16(22)6-8-17)20(26)24-9-3-4-15(13-24)21-27-10-11-28-21/h5-8,12,14-15,21H,3-4,9-11,13H2,1-2H3. The van der Waals surface area contributed by atoms with Gasteiger partial charge in [-0.25, -0.2) is 4.68 Å². The normalized spacial score (nSPS) is 20.9. The zero-order chi connectivity index (χ0) is 19.7. The van der Waals surface area contributed by atoms with Gasteiger partial charge in [0, 0.05) is 24.0 Å². The van der Waals surface area contributed by atoms with E-state index in [1.54, 1.807) is 6.20 Å². The van der Waals surface area contributed by atoms with Crippen LogP contribution in [0.4, 0.5) is 0 Å². The van der Waals surface area contributed by atoms with Crippen molar-refractivity contribution in [1.29, 1.82) is 0 Å². The number of nitrogens with zero attached hydrogens (tertiary/aromatic N) is 3. The van der Waals surface area contributed by atoms with Crippen LogP contribution in [0.5, 0.6) is 0 Å². The Morgan fingerprint density at radius 1 is 1.21 bits per heavy atom.